The highest BCUT2D eigenvalue weighted by molar-refractivity contribution is 14.0. The molecule has 5 nitrogen and oxygen atoms in total. The Balaban J connectivity index is 0.00000272. The SMILES string of the molecule is CCNC(=NCC1CCN(c2ccccc2OC)C1)N1CCC(c2ccccc2)C1.I. The Kier molecular flexibility index (Phi) is 8.87. The number of halogens is 1. The van der Waals surface area contributed by atoms with Gasteiger partial charge in [0.15, 0.2) is 5.96 Å². The van der Waals surface area contributed by atoms with Crippen LogP contribution >= 0.6 is 24.0 Å². The standard InChI is InChI=1S/C25H34N4O.HI/c1-3-26-25(29-16-14-22(19-29)21-9-5-4-6-10-21)27-17-20-13-15-28(18-20)23-11-7-8-12-24(23)30-2;/h4-12,20,22H,3,13-19H2,1-2H3,(H,26,27);1H. The minimum Gasteiger partial charge on any atom is -0.495 e. The van der Waals surface area contributed by atoms with Crippen LogP contribution in [0.3, 0.4) is 0 Å². The average Bonchev–Trinajstić information content (AvgIpc) is 3.47. The van der Waals surface area contributed by atoms with Crippen LogP contribution < -0.4 is 15.0 Å². The fourth-order valence-electron chi connectivity index (χ4n) is 4.68. The van der Waals surface area contributed by atoms with Crippen LogP contribution in [-0.4, -0.2) is 57.2 Å². The minimum absolute atomic E-state index is 0. The maximum atomic E-state index is 5.55. The van der Waals surface area contributed by atoms with Crippen LogP contribution in [0.1, 0.15) is 31.2 Å². The van der Waals surface area contributed by atoms with Gasteiger partial charge in [-0.1, -0.05) is 42.5 Å². The first kappa shape index (κ1) is 23.7. The highest BCUT2D eigenvalue weighted by Gasteiger charge is 2.27. The molecule has 2 fully saturated rings. The number of nitrogens with zero attached hydrogens (tertiary/aromatic N) is 3. The molecule has 1 N–H and O–H groups in total. The molecule has 0 saturated carbocycles. The number of anilines is 1. The quantitative estimate of drug-likeness (QED) is 0.334. The Labute approximate surface area is 203 Å². The third kappa shape index (κ3) is 5.84. The number of methoxy groups -OCH3 is 1. The van der Waals surface area contributed by atoms with Gasteiger partial charge in [-0.15, -0.1) is 24.0 Å². The van der Waals surface area contributed by atoms with Gasteiger partial charge in [-0.25, -0.2) is 0 Å². The molecule has 31 heavy (non-hydrogen) atoms. The molecule has 0 aliphatic carbocycles. The normalized spacial score (nSPS) is 21.2. The second-order valence-corrected chi connectivity index (χ2v) is 8.31. The lowest BCUT2D eigenvalue weighted by Crippen LogP contribution is -2.40. The molecule has 2 unspecified atom stereocenters. The van der Waals surface area contributed by atoms with E-state index in [1.165, 1.54) is 24.1 Å². The molecule has 0 radical (unpaired) electrons. The van der Waals surface area contributed by atoms with E-state index in [1.54, 1.807) is 7.11 Å². The van der Waals surface area contributed by atoms with E-state index in [-0.39, 0.29) is 24.0 Å². The topological polar surface area (TPSA) is 40.1 Å². The van der Waals surface area contributed by atoms with Gasteiger partial charge < -0.3 is 19.9 Å². The monoisotopic (exact) mass is 534 g/mol. The fraction of sp³-hybridized carbons (Fsp3) is 0.480. The van der Waals surface area contributed by atoms with Crippen LogP contribution in [0.4, 0.5) is 5.69 Å². The first-order chi connectivity index (χ1) is 14.8. The summed E-state index contributed by atoms with van der Waals surface area (Å²) in [5.41, 5.74) is 2.64. The number of guanidine groups is 1. The number of ether oxygens (including phenoxy) is 1. The summed E-state index contributed by atoms with van der Waals surface area (Å²) in [5, 5.41) is 3.52. The van der Waals surface area contributed by atoms with Crippen molar-refractivity contribution in [1.29, 1.82) is 0 Å². The van der Waals surface area contributed by atoms with Crippen LogP contribution in [0.25, 0.3) is 0 Å². The Morgan fingerprint density at radius 3 is 2.58 bits per heavy atom. The zero-order chi connectivity index (χ0) is 20.8. The Bertz CT molecular complexity index is 844. The molecule has 0 spiro atoms. The van der Waals surface area contributed by atoms with E-state index in [9.17, 15) is 0 Å². The summed E-state index contributed by atoms with van der Waals surface area (Å²) in [7, 11) is 1.75. The third-order valence-corrected chi connectivity index (χ3v) is 6.30. The number of nitrogens with one attached hydrogen (secondary N) is 1. The summed E-state index contributed by atoms with van der Waals surface area (Å²) in [6, 6.07) is 19.2. The van der Waals surface area contributed by atoms with Crippen molar-refractivity contribution in [1.82, 2.24) is 10.2 Å². The van der Waals surface area contributed by atoms with Crippen LogP contribution in [0, 0.1) is 5.92 Å². The largest absolute Gasteiger partial charge is 0.495 e. The number of likely N-dealkylation sites (tertiary alicyclic amines) is 1. The lowest BCUT2D eigenvalue weighted by Gasteiger charge is -2.23. The summed E-state index contributed by atoms with van der Waals surface area (Å²) >= 11 is 0. The summed E-state index contributed by atoms with van der Waals surface area (Å²) in [4.78, 5) is 9.93. The zero-order valence-corrected chi connectivity index (χ0v) is 21.0. The molecule has 2 atom stereocenters. The van der Waals surface area contributed by atoms with Crippen LogP contribution in [0.2, 0.25) is 0 Å². The van der Waals surface area contributed by atoms with Gasteiger partial charge in [-0.2, -0.15) is 0 Å². The summed E-state index contributed by atoms with van der Waals surface area (Å²) < 4.78 is 5.55. The Hall–Kier alpha value is -1.96. The van der Waals surface area contributed by atoms with Crippen molar-refractivity contribution < 1.29 is 4.74 Å². The lowest BCUT2D eigenvalue weighted by atomic mass is 9.99. The Morgan fingerprint density at radius 2 is 1.81 bits per heavy atom. The molecule has 2 saturated heterocycles. The molecule has 0 bridgehead atoms. The van der Waals surface area contributed by atoms with Crippen LogP contribution in [-0.2, 0) is 0 Å². The molecular weight excluding hydrogens is 499 g/mol. The van der Waals surface area contributed by atoms with Gasteiger partial charge in [0.25, 0.3) is 0 Å². The van der Waals surface area contributed by atoms with Crippen molar-refractivity contribution in [3.8, 4) is 5.75 Å². The summed E-state index contributed by atoms with van der Waals surface area (Å²) in [5.74, 6) is 3.21. The number of para-hydroxylation sites is 2. The molecule has 0 aromatic heterocycles. The third-order valence-electron chi connectivity index (χ3n) is 6.30. The van der Waals surface area contributed by atoms with Gasteiger partial charge in [0, 0.05) is 45.2 Å². The number of hydrogen-bond donors (Lipinski definition) is 1. The van der Waals surface area contributed by atoms with Crippen molar-refractivity contribution in [2.24, 2.45) is 10.9 Å². The van der Waals surface area contributed by atoms with Gasteiger partial charge in [0.05, 0.1) is 12.8 Å². The molecule has 0 amide bonds. The molecule has 2 aromatic carbocycles. The molecule has 2 aliphatic heterocycles. The summed E-state index contributed by atoms with van der Waals surface area (Å²) in [6.07, 6.45) is 2.37. The number of rotatable bonds is 6. The second kappa shape index (κ2) is 11.6. The lowest BCUT2D eigenvalue weighted by molar-refractivity contribution is 0.414. The van der Waals surface area contributed by atoms with Gasteiger partial charge in [0.1, 0.15) is 5.75 Å². The first-order valence-electron chi connectivity index (χ1n) is 11.2. The highest BCUT2D eigenvalue weighted by Crippen LogP contribution is 2.32. The van der Waals surface area contributed by atoms with Gasteiger partial charge in [-0.05, 0) is 43.4 Å². The molecule has 168 valence electrons. The molecule has 2 heterocycles. The molecule has 6 heteroatoms. The molecule has 4 rings (SSSR count). The van der Waals surface area contributed by atoms with Gasteiger partial charge in [0.2, 0.25) is 0 Å². The second-order valence-electron chi connectivity index (χ2n) is 8.31. The maximum absolute atomic E-state index is 5.55. The van der Waals surface area contributed by atoms with Gasteiger partial charge >= 0.3 is 0 Å². The highest BCUT2D eigenvalue weighted by atomic mass is 127. The van der Waals surface area contributed by atoms with E-state index in [2.05, 4.69) is 64.5 Å². The van der Waals surface area contributed by atoms with E-state index in [0.29, 0.717) is 11.8 Å². The maximum Gasteiger partial charge on any atom is 0.193 e. The number of hydrogen-bond acceptors (Lipinski definition) is 3. The van der Waals surface area contributed by atoms with Crippen molar-refractivity contribution >= 4 is 35.6 Å². The van der Waals surface area contributed by atoms with Crippen molar-refractivity contribution in [3.05, 3.63) is 60.2 Å². The summed E-state index contributed by atoms with van der Waals surface area (Å²) in [6.45, 7) is 8.16. The smallest absolute Gasteiger partial charge is 0.193 e. The minimum atomic E-state index is 0. The van der Waals surface area contributed by atoms with E-state index in [4.69, 9.17) is 9.73 Å². The molecule has 2 aliphatic rings. The fourth-order valence-corrected chi connectivity index (χ4v) is 4.68. The number of aliphatic imine (C=N–C) groups is 1. The van der Waals surface area contributed by atoms with Crippen molar-refractivity contribution in [2.75, 3.05) is 51.3 Å². The first-order valence-corrected chi connectivity index (χ1v) is 11.2. The van der Waals surface area contributed by atoms with Gasteiger partial charge in [-0.3, -0.25) is 4.99 Å². The molecular formula is C25H35IN4O. The van der Waals surface area contributed by atoms with E-state index in [1.807, 2.05) is 12.1 Å². The molecule has 2 aromatic rings. The van der Waals surface area contributed by atoms with Crippen LogP contribution in [0.15, 0.2) is 59.6 Å². The number of benzene rings is 2. The zero-order valence-electron chi connectivity index (χ0n) is 18.7. The van der Waals surface area contributed by atoms with Crippen LogP contribution in [0.5, 0.6) is 5.75 Å². The predicted molar refractivity (Wildman–Crippen MR) is 140 cm³/mol. The van der Waals surface area contributed by atoms with E-state index >= 15 is 0 Å². The Morgan fingerprint density at radius 1 is 1.03 bits per heavy atom. The van der Waals surface area contributed by atoms with E-state index < -0.39 is 0 Å². The van der Waals surface area contributed by atoms with Crippen molar-refractivity contribution in [2.45, 2.75) is 25.7 Å². The van der Waals surface area contributed by atoms with Crippen molar-refractivity contribution in [3.63, 3.8) is 0 Å². The average molecular weight is 534 g/mol. The van der Waals surface area contributed by atoms with E-state index in [0.717, 1.165) is 51.0 Å². The predicted octanol–water partition coefficient (Wildman–Crippen LogP) is 4.59.